The van der Waals surface area contributed by atoms with Crippen LogP contribution in [0.3, 0.4) is 0 Å². The van der Waals surface area contributed by atoms with Crippen LogP contribution >= 0.6 is 0 Å². The molecule has 0 aliphatic carbocycles. The van der Waals surface area contributed by atoms with Crippen molar-refractivity contribution in [2.75, 3.05) is 38.7 Å². The van der Waals surface area contributed by atoms with E-state index in [1.54, 1.807) is 13.2 Å². The van der Waals surface area contributed by atoms with Crippen molar-refractivity contribution in [3.63, 3.8) is 0 Å². The van der Waals surface area contributed by atoms with Gasteiger partial charge in [0.15, 0.2) is 0 Å². The molecule has 6 heteroatoms. The maximum atomic E-state index is 14.0. The van der Waals surface area contributed by atoms with Gasteiger partial charge in [0, 0.05) is 56.7 Å². The van der Waals surface area contributed by atoms with Crippen molar-refractivity contribution in [3.8, 4) is 0 Å². The van der Waals surface area contributed by atoms with Crippen molar-refractivity contribution < 1.29 is 9.13 Å². The summed E-state index contributed by atoms with van der Waals surface area (Å²) < 4.78 is 19.2. The van der Waals surface area contributed by atoms with Gasteiger partial charge < -0.3 is 20.3 Å². The van der Waals surface area contributed by atoms with Gasteiger partial charge in [0.05, 0.1) is 11.4 Å². The number of ether oxygens (including phenoxy) is 1. The van der Waals surface area contributed by atoms with Gasteiger partial charge in [-0.3, -0.25) is 0 Å². The van der Waals surface area contributed by atoms with Gasteiger partial charge in [-0.1, -0.05) is 19.9 Å². The summed E-state index contributed by atoms with van der Waals surface area (Å²) in [6, 6.07) is 11.6. The van der Waals surface area contributed by atoms with Crippen molar-refractivity contribution in [2.24, 2.45) is 4.99 Å². The number of aliphatic imine (C=N–C) groups is 1. The van der Waals surface area contributed by atoms with E-state index >= 15 is 0 Å². The molecule has 0 amide bonds. The van der Waals surface area contributed by atoms with Gasteiger partial charge in [0.25, 0.3) is 0 Å². The first-order valence-corrected chi connectivity index (χ1v) is 10.3. The third kappa shape index (κ3) is 4.28. The highest BCUT2D eigenvalue weighted by atomic mass is 19.1. The molecule has 2 aliphatic rings. The summed E-state index contributed by atoms with van der Waals surface area (Å²) in [4.78, 5) is 7.28. The number of amidine groups is 1. The fraction of sp³-hybridized carbons (Fsp3) is 0.435. The summed E-state index contributed by atoms with van der Waals surface area (Å²) >= 11 is 0. The second-order valence-corrected chi connectivity index (χ2v) is 8.06. The van der Waals surface area contributed by atoms with E-state index in [0.29, 0.717) is 17.6 Å². The molecule has 154 valence electrons. The lowest BCUT2D eigenvalue weighted by molar-refractivity contribution is 0.168. The Labute approximate surface area is 172 Å². The highest BCUT2D eigenvalue weighted by molar-refractivity contribution is 6.08. The molecule has 2 aromatic rings. The molecule has 0 radical (unpaired) electrons. The SMILES string of the molecule is COCCC1CN(C2=Nc3cc(F)ccc3Nc3ccc(C(C)C)cc32)CCN1. The summed E-state index contributed by atoms with van der Waals surface area (Å²) in [5.74, 6) is 1.05. The van der Waals surface area contributed by atoms with Crippen LogP contribution < -0.4 is 10.6 Å². The van der Waals surface area contributed by atoms with E-state index in [0.717, 1.165) is 55.4 Å². The molecule has 0 spiro atoms. The Kier molecular flexibility index (Phi) is 5.83. The maximum Gasteiger partial charge on any atom is 0.138 e. The highest BCUT2D eigenvalue weighted by Gasteiger charge is 2.27. The molecule has 2 N–H and O–H groups in total. The van der Waals surface area contributed by atoms with Crippen molar-refractivity contribution in [1.82, 2.24) is 10.2 Å². The Bertz CT molecular complexity index is 912. The van der Waals surface area contributed by atoms with Crippen LogP contribution in [0.5, 0.6) is 0 Å². The Morgan fingerprint density at radius 3 is 2.83 bits per heavy atom. The van der Waals surface area contributed by atoms with Crippen molar-refractivity contribution in [1.29, 1.82) is 0 Å². The second kappa shape index (κ2) is 8.51. The number of benzene rings is 2. The first kappa shape index (κ1) is 19.9. The maximum absolute atomic E-state index is 14.0. The van der Waals surface area contributed by atoms with Crippen LogP contribution in [0, 0.1) is 5.82 Å². The number of nitrogens with one attached hydrogen (secondary N) is 2. The number of piperazine rings is 1. The minimum Gasteiger partial charge on any atom is -0.385 e. The van der Waals surface area contributed by atoms with Crippen LogP contribution in [-0.2, 0) is 4.74 Å². The molecule has 1 unspecified atom stereocenters. The van der Waals surface area contributed by atoms with Gasteiger partial charge in [-0.2, -0.15) is 0 Å². The topological polar surface area (TPSA) is 48.9 Å². The van der Waals surface area contributed by atoms with Crippen LogP contribution in [0.1, 0.15) is 37.3 Å². The average Bonchev–Trinajstić information content (AvgIpc) is 2.88. The van der Waals surface area contributed by atoms with Crippen molar-refractivity contribution in [3.05, 3.63) is 53.3 Å². The third-order valence-electron chi connectivity index (χ3n) is 5.63. The smallest absolute Gasteiger partial charge is 0.138 e. The van der Waals surface area contributed by atoms with Crippen LogP contribution in [0.2, 0.25) is 0 Å². The molecule has 4 rings (SSSR count). The average molecular weight is 397 g/mol. The predicted octanol–water partition coefficient (Wildman–Crippen LogP) is 4.39. The Hall–Kier alpha value is -2.44. The standard InChI is InChI=1S/C23H29FN4O/c1-15(2)16-4-6-20-19(12-16)23(27-22-13-17(24)5-7-21(22)26-20)28-10-9-25-18(14-28)8-11-29-3/h4-7,12-13,15,18,25-26H,8-11,14H2,1-3H3. The zero-order valence-electron chi connectivity index (χ0n) is 17.3. The van der Waals surface area contributed by atoms with Crippen molar-refractivity contribution in [2.45, 2.75) is 32.2 Å². The first-order valence-electron chi connectivity index (χ1n) is 10.3. The lowest BCUT2D eigenvalue weighted by atomic mass is 9.98. The van der Waals surface area contributed by atoms with E-state index in [-0.39, 0.29) is 5.82 Å². The van der Waals surface area contributed by atoms with Gasteiger partial charge in [-0.05, 0) is 42.2 Å². The fourth-order valence-corrected chi connectivity index (χ4v) is 3.95. The van der Waals surface area contributed by atoms with Crippen LogP contribution in [-0.4, -0.2) is 50.1 Å². The molecular formula is C23H29FN4O. The Balaban J connectivity index is 1.77. The fourth-order valence-electron chi connectivity index (χ4n) is 3.95. The molecule has 2 aliphatic heterocycles. The normalized spacial score (nSPS) is 18.6. The Morgan fingerprint density at radius 1 is 1.21 bits per heavy atom. The summed E-state index contributed by atoms with van der Waals surface area (Å²) in [6.07, 6.45) is 0.947. The van der Waals surface area contributed by atoms with Gasteiger partial charge in [-0.15, -0.1) is 0 Å². The van der Waals surface area contributed by atoms with Gasteiger partial charge in [0.2, 0.25) is 0 Å². The zero-order valence-corrected chi connectivity index (χ0v) is 17.3. The number of rotatable bonds is 4. The first-order chi connectivity index (χ1) is 14.0. The number of hydrogen-bond donors (Lipinski definition) is 2. The molecule has 29 heavy (non-hydrogen) atoms. The number of halogens is 1. The molecule has 1 saturated heterocycles. The number of hydrogen-bond acceptors (Lipinski definition) is 5. The molecule has 5 nitrogen and oxygen atoms in total. The van der Waals surface area contributed by atoms with Gasteiger partial charge in [0.1, 0.15) is 11.7 Å². The lowest BCUT2D eigenvalue weighted by Gasteiger charge is -2.36. The summed E-state index contributed by atoms with van der Waals surface area (Å²) in [5.41, 5.74) is 4.80. The molecular weight excluding hydrogens is 367 g/mol. The quantitative estimate of drug-likeness (QED) is 0.805. The summed E-state index contributed by atoms with van der Waals surface area (Å²) in [7, 11) is 1.73. The van der Waals surface area contributed by atoms with E-state index < -0.39 is 0 Å². The van der Waals surface area contributed by atoms with E-state index in [9.17, 15) is 4.39 Å². The van der Waals surface area contributed by atoms with E-state index in [2.05, 4.69) is 47.6 Å². The minimum atomic E-state index is -0.277. The Morgan fingerprint density at radius 2 is 2.03 bits per heavy atom. The largest absolute Gasteiger partial charge is 0.385 e. The molecule has 2 aromatic carbocycles. The van der Waals surface area contributed by atoms with Gasteiger partial charge in [-0.25, -0.2) is 9.38 Å². The lowest BCUT2D eigenvalue weighted by Crippen LogP contribution is -2.53. The van der Waals surface area contributed by atoms with Crippen LogP contribution in [0.4, 0.5) is 21.5 Å². The third-order valence-corrected chi connectivity index (χ3v) is 5.63. The molecule has 1 fully saturated rings. The number of anilines is 2. The minimum absolute atomic E-state index is 0.277. The molecule has 0 aromatic heterocycles. The monoisotopic (exact) mass is 396 g/mol. The predicted molar refractivity (Wildman–Crippen MR) is 116 cm³/mol. The summed E-state index contributed by atoms with van der Waals surface area (Å²) in [6.45, 7) is 7.70. The van der Waals surface area contributed by atoms with E-state index in [4.69, 9.17) is 9.73 Å². The van der Waals surface area contributed by atoms with Crippen LogP contribution in [0.15, 0.2) is 41.4 Å². The number of nitrogens with zero attached hydrogens (tertiary/aromatic N) is 2. The second-order valence-electron chi connectivity index (χ2n) is 8.06. The van der Waals surface area contributed by atoms with Crippen LogP contribution in [0.25, 0.3) is 0 Å². The number of fused-ring (bicyclic) bond motifs is 2. The molecule has 0 saturated carbocycles. The van der Waals surface area contributed by atoms with Gasteiger partial charge >= 0.3 is 0 Å². The summed E-state index contributed by atoms with van der Waals surface area (Å²) in [5, 5.41) is 7.04. The molecule has 0 bridgehead atoms. The van der Waals surface area contributed by atoms with E-state index in [1.165, 1.54) is 17.7 Å². The number of methoxy groups -OCH3 is 1. The molecule has 2 heterocycles. The highest BCUT2D eigenvalue weighted by Crippen LogP contribution is 2.36. The van der Waals surface area contributed by atoms with Crippen molar-refractivity contribution >= 4 is 22.9 Å². The zero-order chi connectivity index (χ0) is 20.4. The molecule has 1 atom stereocenters. The van der Waals surface area contributed by atoms with E-state index in [1.807, 2.05) is 0 Å².